The van der Waals surface area contributed by atoms with Gasteiger partial charge in [-0.3, -0.25) is 4.79 Å². The maximum atomic E-state index is 13.6. The van der Waals surface area contributed by atoms with Crippen molar-refractivity contribution in [2.45, 2.75) is 31.5 Å². The van der Waals surface area contributed by atoms with Gasteiger partial charge in [-0.15, -0.1) is 11.3 Å². The Morgan fingerprint density at radius 3 is 2.73 bits per heavy atom. The summed E-state index contributed by atoms with van der Waals surface area (Å²) in [5, 5.41) is 0.748. The van der Waals surface area contributed by atoms with Crippen LogP contribution in [0, 0.1) is 0 Å². The summed E-state index contributed by atoms with van der Waals surface area (Å²) in [6.07, 6.45) is 0.0331. The zero-order valence-electron chi connectivity index (χ0n) is 19.4. The molecule has 3 aromatic heterocycles. The molecule has 0 unspecified atom stereocenters. The summed E-state index contributed by atoms with van der Waals surface area (Å²) in [5.74, 6) is -0.261. The van der Waals surface area contributed by atoms with Crippen molar-refractivity contribution < 1.29 is 22.7 Å². The molecule has 7 nitrogen and oxygen atoms in total. The normalized spacial score (nSPS) is 14.9. The molecular weight excluding hydrogens is 595 g/mol. The smallest absolute Gasteiger partial charge is 0.420 e. The number of rotatable bonds is 5. The van der Waals surface area contributed by atoms with Gasteiger partial charge in [-0.1, -0.05) is 11.6 Å². The molecule has 0 aliphatic carbocycles. The lowest BCUT2D eigenvalue weighted by molar-refractivity contribution is -0.138. The van der Waals surface area contributed by atoms with Gasteiger partial charge >= 0.3 is 6.18 Å². The number of imidazole rings is 1. The minimum atomic E-state index is -4.60. The summed E-state index contributed by atoms with van der Waals surface area (Å²) in [6, 6.07) is 6.17. The highest BCUT2D eigenvalue weighted by Crippen LogP contribution is 2.45. The number of halogens is 5. The van der Waals surface area contributed by atoms with E-state index in [2.05, 4.69) is 30.9 Å². The maximum Gasteiger partial charge on any atom is 0.420 e. The van der Waals surface area contributed by atoms with Crippen LogP contribution in [0.5, 0.6) is 5.75 Å². The van der Waals surface area contributed by atoms with Crippen LogP contribution in [-0.2, 0) is 17.5 Å². The lowest BCUT2D eigenvalue weighted by Crippen LogP contribution is -2.39. The van der Waals surface area contributed by atoms with Crippen molar-refractivity contribution >= 4 is 55.9 Å². The Kier molecular flexibility index (Phi) is 7.16. The molecule has 4 aromatic rings. The molecule has 1 fully saturated rings. The zero-order valence-corrected chi connectivity index (χ0v) is 22.6. The number of carbonyl (C=O) groups excluding carboxylic acids is 1. The quantitative estimate of drug-likeness (QED) is 0.260. The highest BCUT2D eigenvalue weighted by molar-refractivity contribution is 9.10. The monoisotopic (exact) mass is 613 g/mol. The number of hydrogen-bond donors (Lipinski definition) is 0. The van der Waals surface area contributed by atoms with Crippen molar-refractivity contribution in [1.29, 1.82) is 0 Å². The molecule has 1 saturated heterocycles. The molecule has 0 N–H and O–H groups in total. The number of hydrogen-bond acceptors (Lipinski definition) is 6. The average molecular weight is 615 g/mol. The molecule has 5 rings (SSSR count). The van der Waals surface area contributed by atoms with Crippen molar-refractivity contribution in [3.63, 3.8) is 0 Å². The Labute approximate surface area is 227 Å². The van der Waals surface area contributed by atoms with Gasteiger partial charge in [0.1, 0.15) is 27.8 Å². The molecule has 0 saturated carbocycles. The minimum Gasteiger partial charge on any atom is -0.495 e. The zero-order chi connectivity index (χ0) is 26.3. The predicted octanol–water partition coefficient (Wildman–Crippen LogP) is 6.40. The van der Waals surface area contributed by atoms with Crippen LogP contribution in [0.4, 0.5) is 13.2 Å². The number of thiazole rings is 1. The number of methoxy groups -OCH3 is 1. The van der Waals surface area contributed by atoms with Gasteiger partial charge < -0.3 is 14.2 Å². The number of pyridine rings is 1. The van der Waals surface area contributed by atoms with Crippen molar-refractivity contribution in [3.05, 3.63) is 56.2 Å². The van der Waals surface area contributed by atoms with E-state index in [1.165, 1.54) is 24.5 Å². The van der Waals surface area contributed by atoms with E-state index < -0.39 is 11.7 Å². The lowest BCUT2D eigenvalue weighted by Gasteiger charge is -2.31. The number of carbonyl (C=O) groups is 1. The van der Waals surface area contributed by atoms with Gasteiger partial charge in [0.15, 0.2) is 5.65 Å². The van der Waals surface area contributed by atoms with E-state index in [0.717, 1.165) is 16.6 Å². The Morgan fingerprint density at radius 1 is 1.27 bits per heavy atom. The van der Waals surface area contributed by atoms with Crippen LogP contribution in [0.1, 0.15) is 29.3 Å². The van der Waals surface area contributed by atoms with Crippen LogP contribution in [0.2, 0.25) is 4.34 Å². The highest BCUT2D eigenvalue weighted by atomic mass is 79.9. The summed E-state index contributed by atoms with van der Waals surface area (Å²) in [6.45, 7) is 1.24. The van der Waals surface area contributed by atoms with Crippen LogP contribution in [0.15, 0.2) is 41.3 Å². The van der Waals surface area contributed by atoms with E-state index in [1.54, 1.807) is 28.1 Å². The van der Waals surface area contributed by atoms with Crippen molar-refractivity contribution in [2.24, 2.45) is 0 Å². The van der Waals surface area contributed by atoms with E-state index in [9.17, 15) is 18.0 Å². The number of benzene rings is 1. The SMILES string of the molecule is COc1c(Br)cc(-c2nc(C3CCN(C(=O)Cn4cnc5cccnc54)CC3)sc2Cl)cc1C(F)(F)F. The number of piperidine rings is 1. The van der Waals surface area contributed by atoms with Crippen molar-refractivity contribution in [1.82, 2.24) is 24.4 Å². The third kappa shape index (κ3) is 5.19. The molecule has 0 radical (unpaired) electrons. The Bertz CT molecular complexity index is 1470. The molecule has 0 atom stereocenters. The number of nitrogens with zero attached hydrogens (tertiary/aromatic N) is 5. The number of aromatic nitrogens is 4. The van der Waals surface area contributed by atoms with E-state index in [1.807, 2.05) is 6.07 Å². The number of ether oxygens (including phenoxy) is 1. The molecule has 4 heterocycles. The number of amides is 1. The summed E-state index contributed by atoms with van der Waals surface area (Å²) in [5.41, 5.74) is 1.04. The first kappa shape index (κ1) is 25.9. The van der Waals surface area contributed by atoms with Crippen LogP contribution in [0.25, 0.3) is 22.4 Å². The van der Waals surface area contributed by atoms with Gasteiger partial charge in [0.25, 0.3) is 0 Å². The van der Waals surface area contributed by atoms with Crippen molar-refractivity contribution in [3.8, 4) is 17.0 Å². The largest absolute Gasteiger partial charge is 0.495 e. The summed E-state index contributed by atoms with van der Waals surface area (Å²) in [7, 11) is 1.19. The molecular formula is C24H20BrClF3N5O2S. The van der Waals surface area contributed by atoms with E-state index >= 15 is 0 Å². The minimum absolute atomic E-state index is 0.0240. The number of likely N-dealkylation sites (tertiary alicyclic amines) is 1. The molecule has 1 aliphatic heterocycles. The molecule has 1 aliphatic rings. The van der Waals surface area contributed by atoms with Gasteiger partial charge in [-0.2, -0.15) is 13.2 Å². The van der Waals surface area contributed by atoms with Gasteiger partial charge in [0.05, 0.1) is 28.5 Å². The van der Waals surface area contributed by atoms with Gasteiger partial charge in [-0.05, 0) is 53.0 Å². The molecule has 0 bridgehead atoms. The fourth-order valence-corrected chi connectivity index (χ4v) is 6.45. The highest BCUT2D eigenvalue weighted by Gasteiger charge is 2.36. The van der Waals surface area contributed by atoms with Gasteiger partial charge in [-0.25, -0.2) is 15.0 Å². The molecule has 1 aromatic carbocycles. The maximum absolute atomic E-state index is 13.6. The first-order valence-corrected chi connectivity index (χ1v) is 13.3. The number of alkyl halides is 3. The topological polar surface area (TPSA) is 73.1 Å². The average Bonchev–Trinajstić information content (AvgIpc) is 3.46. The van der Waals surface area contributed by atoms with Gasteiger partial charge in [0, 0.05) is 30.8 Å². The number of fused-ring (bicyclic) bond motifs is 1. The molecule has 0 spiro atoms. The van der Waals surface area contributed by atoms with E-state index in [4.69, 9.17) is 16.3 Å². The Hall–Kier alpha value is -2.70. The van der Waals surface area contributed by atoms with Gasteiger partial charge in [0.2, 0.25) is 5.91 Å². The Morgan fingerprint density at radius 2 is 2.03 bits per heavy atom. The predicted molar refractivity (Wildman–Crippen MR) is 138 cm³/mol. The third-order valence-corrected chi connectivity index (χ3v) is 8.31. The van der Waals surface area contributed by atoms with Crippen molar-refractivity contribution in [2.75, 3.05) is 20.2 Å². The molecule has 1 amide bonds. The molecule has 194 valence electrons. The summed E-state index contributed by atoms with van der Waals surface area (Å²) in [4.78, 5) is 27.9. The Balaban J connectivity index is 1.29. The van der Waals surface area contributed by atoms with E-state index in [-0.39, 0.29) is 34.2 Å². The van der Waals surface area contributed by atoms with E-state index in [0.29, 0.717) is 41.6 Å². The van der Waals surface area contributed by atoms with Crippen LogP contribution >= 0.6 is 38.9 Å². The second kappa shape index (κ2) is 10.2. The summed E-state index contributed by atoms with van der Waals surface area (Å²) < 4.78 is 48.0. The standard InChI is InChI=1S/C24H20BrClF3N5O2S/c1-36-20-15(24(27,28)29)9-14(10-16(20)25)19-21(26)37-23(32-19)13-4-7-33(8-5-13)18(35)11-34-12-31-17-3-2-6-30-22(17)34/h2-3,6,9-10,12-13H,4-5,7-8,11H2,1H3. The fourth-order valence-electron chi connectivity index (χ4n) is 4.45. The molecule has 37 heavy (non-hydrogen) atoms. The lowest BCUT2D eigenvalue weighted by atomic mass is 9.97. The second-order valence-corrected chi connectivity index (χ2v) is 11.1. The van der Waals surface area contributed by atoms with Crippen LogP contribution in [-0.4, -0.2) is 50.5 Å². The summed E-state index contributed by atoms with van der Waals surface area (Å²) >= 11 is 10.9. The van der Waals surface area contributed by atoms with Crippen LogP contribution in [0.3, 0.4) is 0 Å². The fraction of sp³-hybridized carbons (Fsp3) is 0.333. The first-order chi connectivity index (χ1) is 17.7. The first-order valence-electron chi connectivity index (χ1n) is 11.3. The molecule has 13 heteroatoms. The third-order valence-electron chi connectivity index (χ3n) is 6.31. The van der Waals surface area contributed by atoms with Crippen LogP contribution < -0.4 is 4.74 Å². The second-order valence-electron chi connectivity index (χ2n) is 8.58.